The summed E-state index contributed by atoms with van der Waals surface area (Å²) < 4.78 is 37.3. The third kappa shape index (κ3) is 8.50. The molecule has 0 aliphatic heterocycles. The Labute approximate surface area is 231 Å². The highest BCUT2D eigenvalue weighted by atomic mass is 35.5. The molecule has 9 heteroatoms. The quantitative estimate of drug-likeness (QED) is 0.296. The molecule has 38 heavy (non-hydrogen) atoms. The molecule has 2 rings (SSSR count). The summed E-state index contributed by atoms with van der Waals surface area (Å²) in [6, 6.07) is 9.36. The number of hydrogen-bond acceptors (Lipinski definition) is 6. The van der Waals surface area contributed by atoms with E-state index in [4.69, 9.17) is 21.1 Å². The van der Waals surface area contributed by atoms with Gasteiger partial charge in [-0.3, -0.25) is 4.79 Å². The molecular formula is C29H36ClNO6S. The first kappa shape index (κ1) is 31.2. The van der Waals surface area contributed by atoms with Crippen molar-refractivity contribution in [1.82, 2.24) is 4.90 Å². The summed E-state index contributed by atoms with van der Waals surface area (Å²) in [6.07, 6.45) is 0.757. The Morgan fingerprint density at radius 2 is 1.74 bits per heavy atom. The monoisotopic (exact) mass is 561 g/mol. The van der Waals surface area contributed by atoms with Crippen molar-refractivity contribution in [2.45, 2.75) is 70.6 Å². The van der Waals surface area contributed by atoms with Gasteiger partial charge in [-0.1, -0.05) is 30.4 Å². The topological polar surface area (TPSA) is 90.0 Å². The first-order valence-electron chi connectivity index (χ1n) is 12.5. The van der Waals surface area contributed by atoms with Crippen molar-refractivity contribution in [2.24, 2.45) is 0 Å². The number of sulfone groups is 1. The fraction of sp³-hybridized carbons (Fsp3) is 0.448. The fourth-order valence-corrected chi connectivity index (χ4v) is 4.92. The van der Waals surface area contributed by atoms with Gasteiger partial charge in [0.1, 0.15) is 11.4 Å². The average Bonchev–Trinajstić information content (AvgIpc) is 2.83. The van der Waals surface area contributed by atoms with Crippen LogP contribution in [0.15, 0.2) is 41.3 Å². The van der Waals surface area contributed by atoms with E-state index in [-0.39, 0.29) is 23.0 Å². The lowest BCUT2D eigenvalue weighted by Gasteiger charge is -2.22. The predicted octanol–water partition coefficient (Wildman–Crippen LogP) is 5.51. The van der Waals surface area contributed by atoms with Crippen molar-refractivity contribution in [3.05, 3.63) is 58.1 Å². The van der Waals surface area contributed by atoms with Crippen molar-refractivity contribution >= 4 is 33.3 Å². The smallest absolute Gasteiger partial charge is 0.344 e. The van der Waals surface area contributed by atoms with Crippen molar-refractivity contribution < 1.29 is 27.5 Å². The SMILES string of the molecule is CCCN(CC)C(=O)c1ccc(C#Cc2cc(Cl)ccc2OCC(=O)OC(C)(C)C)cc1S(=O)(=O)C(C)C. The van der Waals surface area contributed by atoms with E-state index >= 15 is 0 Å². The lowest BCUT2D eigenvalue weighted by Crippen LogP contribution is -2.33. The molecule has 0 spiro atoms. The standard InChI is InChI=1S/C29H36ClNO6S/c1-8-16-31(9-2)28(33)24-14-11-21(17-26(24)38(34,35)20(3)4)10-12-22-18-23(30)13-15-25(22)36-19-27(32)37-29(5,6)7/h11,13-15,17-18,20H,8-9,16,19H2,1-7H3. The zero-order valence-electron chi connectivity index (χ0n) is 23.1. The molecule has 0 aromatic heterocycles. The number of halogens is 1. The molecule has 0 aliphatic rings. The number of ether oxygens (including phenoxy) is 2. The summed E-state index contributed by atoms with van der Waals surface area (Å²) in [4.78, 5) is 26.9. The molecule has 0 fully saturated rings. The number of esters is 1. The van der Waals surface area contributed by atoms with Gasteiger partial charge in [-0.25, -0.2) is 13.2 Å². The lowest BCUT2D eigenvalue weighted by molar-refractivity contribution is -0.157. The second kappa shape index (κ2) is 13.2. The van der Waals surface area contributed by atoms with Crippen LogP contribution in [-0.4, -0.2) is 55.7 Å². The maximum Gasteiger partial charge on any atom is 0.344 e. The van der Waals surface area contributed by atoms with E-state index in [1.165, 1.54) is 12.1 Å². The van der Waals surface area contributed by atoms with Gasteiger partial charge in [0.25, 0.3) is 5.91 Å². The third-order valence-electron chi connectivity index (χ3n) is 5.35. The average molecular weight is 562 g/mol. The largest absolute Gasteiger partial charge is 0.481 e. The predicted molar refractivity (Wildman–Crippen MR) is 149 cm³/mol. The normalized spacial score (nSPS) is 11.5. The first-order valence-corrected chi connectivity index (χ1v) is 14.5. The van der Waals surface area contributed by atoms with Crippen molar-refractivity contribution in [2.75, 3.05) is 19.7 Å². The van der Waals surface area contributed by atoms with Crippen LogP contribution < -0.4 is 4.74 Å². The molecule has 206 valence electrons. The van der Waals surface area contributed by atoms with Crippen molar-refractivity contribution in [3.8, 4) is 17.6 Å². The lowest BCUT2D eigenvalue weighted by atomic mass is 10.1. The molecule has 0 N–H and O–H groups in total. The van der Waals surface area contributed by atoms with Gasteiger partial charge in [-0.15, -0.1) is 0 Å². The Balaban J connectivity index is 2.48. The van der Waals surface area contributed by atoms with Gasteiger partial charge in [-0.2, -0.15) is 0 Å². The van der Waals surface area contributed by atoms with Gasteiger partial charge < -0.3 is 14.4 Å². The Morgan fingerprint density at radius 3 is 2.32 bits per heavy atom. The van der Waals surface area contributed by atoms with Gasteiger partial charge in [0.15, 0.2) is 16.4 Å². The van der Waals surface area contributed by atoms with Crippen LogP contribution in [0, 0.1) is 11.8 Å². The Morgan fingerprint density at radius 1 is 1.05 bits per heavy atom. The summed E-state index contributed by atoms with van der Waals surface area (Å²) in [7, 11) is -3.78. The maximum atomic E-state index is 13.2. The summed E-state index contributed by atoms with van der Waals surface area (Å²) in [6.45, 7) is 12.9. The summed E-state index contributed by atoms with van der Waals surface area (Å²) in [5.41, 5.74) is 0.297. The number of hydrogen-bond donors (Lipinski definition) is 0. The molecule has 0 aliphatic carbocycles. The molecule has 2 aromatic rings. The van der Waals surface area contributed by atoms with Gasteiger partial charge in [0.05, 0.1) is 21.3 Å². The van der Waals surface area contributed by atoms with Crippen LogP contribution in [0.1, 0.15) is 76.4 Å². The summed E-state index contributed by atoms with van der Waals surface area (Å²) in [5.74, 6) is 5.36. The number of nitrogens with zero attached hydrogens (tertiary/aromatic N) is 1. The summed E-state index contributed by atoms with van der Waals surface area (Å²) in [5, 5.41) is -0.308. The second-order valence-electron chi connectivity index (χ2n) is 9.96. The Bertz CT molecular complexity index is 1330. The Kier molecular flexibility index (Phi) is 10.8. The Hall–Kier alpha value is -3.02. The number of amides is 1. The zero-order chi connectivity index (χ0) is 28.7. The van der Waals surface area contributed by atoms with E-state index in [1.54, 1.807) is 63.8 Å². The number of rotatable bonds is 9. The second-order valence-corrected chi connectivity index (χ2v) is 12.9. The molecule has 1 amide bonds. The van der Waals surface area contributed by atoms with E-state index in [9.17, 15) is 18.0 Å². The maximum absolute atomic E-state index is 13.2. The highest BCUT2D eigenvalue weighted by Gasteiger charge is 2.28. The van der Waals surface area contributed by atoms with E-state index in [0.717, 1.165) is 6.42 Å². The zero-order valence-corrected chi connectivity index (χ0v) is 24.6. The highest BCUT2D eigenvalue weighted by Crippen LogP contribution is 2.25. The molecule has 0 atom stereocenters. The summed E-state index contributed by atoms with van der Waals surface area (Å²) >= 11 is 6.16. The molecule has 2 aromatic carbocycles. The minimum absolute atomic E-state index is 0.0497. The van der Waals surface area contributed by atoms with Crippen molar-refractivity contribution in [3.63, 3.8) is 0 Å². The van der Waals surface area contributed by atoms with Crippen LogP contribution in [0.3, 0.4) is 0 Å². The van der Waals surface area contributed by atoms with Crippen molar-refractivity contribution in [1.29, 1.82) is 0 Å². The minimum atomic E-state index is -3.78. The molecule has 0 saturated heterocycles. The van der Waals surface area contributed by atoms with Gasteiger partial charge in [-0.05, 0) is 84.4 Å². The highest BCUT2D eigenvalue weighted by molar-refractivity contribution is 7.92. The van der Waals surface area contributed by atoms with Gasteiger partial charge in [0, 0.05) is 23.7 Å². The molecule has 0 unspecified atom stereocenters. The van der Waals surface area contributed by atoms with E-state index in [1.807, 2.05) is 13.8 Å². The molecule has 7 nitrogen and oxygen atoms in total. The van der Waals surface area contributed by atoms with Gasteiger partial charge >= 0.3 is 5.97 Å². The van der Waals surface area contributed by atoms with E-state index in [2.05, 4.69) is 11.8 Å². The van der Waals surface area contributed by atoms with Crippen LogP contribution in [0.25, 0.3) is 0 Å². The van der Waals surface area contributed by atoms with Crippen LogP contribution in [0.4, 0.5) is 0 Å². The minimum Gasteiger partial charge on any atom is -0.481 e. The molecule has 0 bridgehead atoms. The number of carbonyl (C=O) groups excluding carboxylic acids is 2. The van der Waals surface area contributed by atoms with Crippen LogP contribution in [0.2, 0.25) is 5.02 Å². The first-order chi connectivity index (χ1) is 17.7. The van der Waals surface area contributed by atoms with Crippen LogP contribution >= 0.6 is 11.6 Å². The number of carbonyl (C=O) groups is 2. The van der Waals surface area contributed by atoms with Crippen LogP contribution in [0.5, 0.6) is 5.75 Å². The van der Waals surface area contributed by atoms with E-state index < -0.39 is 26.7 Å². The molecule has 0 radical (unpaired) electrons. The number of benzene rings is 2. The molecule has 0 saturated carbocycles. The molecular weight excluding hydrogens is 526 g/mol. The molecule has 0 heterocycles. The van der Waals surface area contributed by atoms with Crippen LogP contribution in [-0.2, 0) is 19.4 Å². The third-order valence-corrected chi connectivity index (χ3v) is 7.78. The van der Waals surface area contributed by atoms with Gasteiger partial charge in [0.2, 0.25) is 0 Å². The fourth-order valence-electron chi connectivity index (χ4n) is 3.48. The van der Waals surface area contributed by atoms with E-state index in [0.29, 0.717) is 35.0 Å².